The van der Waals surface area contributed by atoms with E-state index >= 15 is 0 Å². The number of carboxylic acid groups (broad SMARTS) is 1. The fraction of sp³-hybridized carbons (Fsp3) is 0.727. The summed E-state index contributed by atoms with van der Waals surface area (Å²) >= 11 is 0. The third-order valence-corrected chi connectivity index (χ3v) is 3.06. The van der Waals surface area contributed by atoms with Gasteiger partial charge in [0.15, 0.2) is 0 Å². The molecule has 2 atom stereocenters. The first kappa shape index (κ1) is 11.1. The molecule has 1 aliphatic carbocycles. The molecule has 1 aromatic rings. The molecular formula is C11H17N3O2. The van der Waals surface area contributed by atoms with Crippen LogP contribution in [-0.2, 0) is 17.6 Å². The number of rotatable bonds is 5. The fourth-order valence-corrected chi connectivity index (χ4v) is 2.03. The zero-order valence-electron chi connectivity index (χ0n) is 9.68. The number of carboxylic acids is 1. The van der Waals surface area contributed by atoms with E-state index in [-0.39, 0.29) is 6.42 Å². The Bertz CT molecular complexity index is 400. The summed E-state index contributed by atoms with van der Waals surface area (Å²) in [6.45, 7) is 4.26. The van der Waals surface area contributed by atoms with Crippen molar-refractivity contribution in [2.75, 3.05) is 0 Å². The summed E-state index contributed by atoms with van der Waals surface area (Å²) in [6.07, 6.45) is 2.96. The topological polar surface area (TPSA) is 68.0 Å². The van der Waals surface area contributed by atoms with Gasteiger partial charge in [0.2, 0.25) is 0 Å². The summed E-state index contributed by atoms with van der Waals surface area (Å²) in [5.74, 6) is -0.191. The van der Waals surface area contributed by atoms with Gasteiger partial charge in [-0.05, 0) is 18.8 Å². The number of aromatic nitrogens is 3. The summed E-state index contributed by atoms with van der Waals surface area (Å²) in [5, 5.41) is 16.9. The van der Waals surface area contributed by atoms with E-state index in [1.54, 1.807) is 0 Å². The minimum Gasteiger partial charge on any atom is -0.481 e. The average Bonchev–Trinajstić information content (AvgIpc) is 2.80. The molecule has 88 valence electrons. The number of carbonyl (C=O) groups is 1. The van der Waals surface area contributed by atoms with Gasteiger partial charge in [-0.3, -0.25) is 4.79 Å². The van der Waals surface area contributed by atoms with Crippen molar-refractivity contribution in [3.8, 4) is 0 Å². The van der Waals surface area contributed by atoms with Gasteiger partial charge in [0.05, 0.1) is 23.9 Å². The van der Waals surface area contributed by atoms with Crippen molar-refractivity contribution in [3.63, 3.8) is 0 Å². The minimum absolute atomic E-state index is 0.0174. The lowest BCUT2D eigenvalue weighted by molar-refractivity contribution is -0.136. The van der Waals surface area contributed by atoms with Gasteiger partial charge >= 0.3 is 5.97 Å². The molecule has 1 N–H and O–H groups in total. The third kappa shape index (κ3) is 2.08. The Balaban J connectivity index is 2.24. The molecule has 0 bridgehead atoms. The Kier molecular flexibility index (Phi) is 2.94. The van der Waals surface area contributed by atoms with Gasteiger partial charge in [0.1, 0.15) is 0 Å². The maximum Gasteiger partial charge on any atom is 0.309 e. The van der Waals surface area contributed by atoms with Crippen LogP contribution in [-0.4, -0.2) is 26.1 Å². The van der Waals surface area contributed by atoms with Crippen LogP contribution in [0.25, 0.3) is 0 Å². The maximum absolute atomic E-state index is 10.7. The van der Waals surface area contributed by atoms with Crippen molar-refractivity contribution in [3.05, 3.63) is 11.4 Å². The van der Waals surface area contributed by atoms with E-state index in [1.807, 2.05) is 4.68 Å². The third-order valence-electron chi connectivity index (χ3n) is 3.06. The van der Waals surface area contributed by atoms with E-state index in [4.69, 9.17) is 5.11 Å². The quantitative estimate of drug-likeness (QED) is 0.820. The van der Waals surface area contributed by atoms with Crippen LogP contribution in [0.2, 0.25) is 0 Å². The fourth-order valence-electron chi connectivity index (χ4n) is 2.03. The monoisotopic (exact) mass is 223 g/mol. The summed E-state index contributed by atoms with van der Waals surface area (Å²) in [7, 11) is 0. The molecule has 1 saturated carbocycles. The Morgan fingerprint density at radius 3 is 2.81 bits per heavy atom. The van der Waals surface area contributed by atoms with Crippen molar-refractivity contribution >= 4 is 5.97 Å². The van der Waals surface area contributed by atoms with Crippen LogP contribution in [0.4, 0.5) is 0 Å². The molecule has 5 heteroatoms. The zero-order chi connectivity index (χ0) is 11.7. The van der Waals surface area contributed by atoms with Gasteiger partial charge < -0.3 is 5.11 Å². The van der Waals surface area contributed by atoms with E-state index in [2.05, 4.69) is 24.2 Å². The molecule has 2 rings (SSSR count). The number of aliphatic carboxylic acids is 1. The molecule has 0 spiro atoms. The molecule has 1 heterocycles. The minimum atomic E-state index is -0.840. The normalized spacial score (nSPS) is 23.4. The van der Waals surface area contributed by atoms with E-state index in [0.29, 0.717) is 17.7 Å². The van der Waals surface area contributed by atoms with E-state index in [9.17, 15) is 4.79 Å². The molecule has 16 heavy (non-hydrogen) atoms. The highest BCUT2D eigenvalue weighted by Gasteiger charge is 2.37. The highest BCUT2D eigenvalue weighted by atomic mass is 16.4. The lowest BCUT2D eigenvalue weighted by Gasteiger charge is -2.05. The Morgan fingerprint density at radius 1 is 1.62 bits per heavy atom. The first-order chi connectivity index (χ1) is 7.63. The maximum atomic E-state index is 10.7. The van der Waals surface area contributed by atoms with Crippen LogP contribution in [0.15, 0.2) is 0 Å². The second-order valence-electron chi connectivity index (χ2n) is 4.53. The van der Waals surface area contributed by atoms with Gasteiger partial charge in [-0.2, -0.15) is 0 Å². The average molecular weight is 223 g/mol. The molecule has 0 amide bonds. The van der Waals surface area contributed by atoms with Crippen molar-refractivity contribution in [2.24, 2.45) is 5.92 Å². The number of nitrogens with zero attached hydrogens (tertiary/aromatic N) is 3. The molecule has 0 radical (unpaired) electrons. The van der Waals surface area contributed by atoms with E-state index in [1.165, 1.54) is 0 Å². The van der Waals surface area contributed by atoms with Crippen LogP contribution in [0, 0.1) is 5.92 Å². The molecule has 1 aromatic heterocycles. The molecule has 0 aromatic carbocycles. The predicted octanol–water partition coefficient (Wildman–Crippen LogP) is 1.44. The van der Waals surface area contributed by atoms with Crippen molar-refractivity contribution < 1.29 is 9.90 Å². The summed E-state index contributed by atoms with van der Waals surface area (Å²) in [6, 6.07) is 0.441. The number of hydrogen-bond donors (Lipinski definition) is 1. The van der Waals surface area contributed by atoms with Crippen molar-refractivity contribution in [1.29, 1.82) is 0 Å². The second kappa shape index (κ2) is 4.23. The molecule has 1 fully saturated rings. The van der Waals surface area contributed by atoms with Crippen molar-refractivity contribution in [2.45, 2.75) is 45.6 Å². The van der Waals surface area contributed by atoms with Crippen LogP contribution in [0.5, 0.6) is 0 Å². The van der Waals surface area contributed by atoms with Crippen LogP contribution in [0.3, 0.4) is 0 Å². The molecule has 0 saturated heterocycles. The standard InChI is InChI=1S/C11H17N3O2/c1-3-4-9-8(6-11(15)16)12-13-14(9)10-5-7(10)2/h7,10H,3-6H2,1-2H3,(H,15,16). The number of hydrogen-bond acceptors (Lipinski definition) is 3. The summed E-state index contributed by atoms with van der Waals surface area (Å²) in [4.78, 5) is 10.7. The highest BCUT2D eigenvalue weighted by molar-refractivity contribution is 5.69. The lowest BCUT2D eigenvalue weighted by atomic mass is 10.1. The first-order valence-corrected chi connectivity index (χ1v) is 5.78. The molecular weight excluding hydrogens is 206 g/mol. The SMILES string of the molecule is CCCc1c(CC(=O)O)nnn1C1CC1C. The van der Waals surface area contributed by atoms with E-state index in [0.717, 1.165) is 25.0 Å². The van der Waals surface area contributed by atoms with Crippen LogP contribution < -0.4 is 0 Å². The van der Waals surface area contributed by atoms with Crippen LogP contribution in [0.1, 0.15) is 44.1 Å². The molecule has 1 aliphatic rings. The van der Waals surface area contributed by atoms with Crippen LogP contribution >= 0.6 is 0 Å². The Labute approximate surface area is 94.5 Å². The smallest absolute Gasteiger partial charge is 0.309 e. The molecule has 0 aliphatic heterocycles. The first-order valence-electron chi connectivity index (χ1n) is 5.78. The van der Waals surface area contributed by atoms with Gasteiger partial charge in [0.25, 0.3) is 0 Å². The van der Waals surface area contributed by atoms with Crippen molar-refractivity contribution in [1.82, 2.24) is 15.0 Å². The summed E-state index contributed by atoms with van der Waals surface area (Å²) in [5.41, 5.74) is 1.65. The predicted molar refractivity (Wildman–Crippen MR) is 58.2 cm³/mol. The Morgan fingerprint density at radius 2 is 2.31 bits per heavy atom. The van der Waals surface area contributed by atoms with Gasteiger partial charge in [-0.25, -0.2) is 4.68 Å². The lowest BCUT2D eigenvalue weighted by Crippen LogP contribution is -2.07. The van der Waals surface area contributed by atoms with Gasteiger partial charge in [0, 0.05) is 0 Å². The Hall–Kier alpha value is -1.39. The highest BCUT2D eigenvalue weighted by Crippen LogP contribution is 2.43. The van der Waals surface area contributed by atoms with Gasteiger partial charge in [-0.1, -0.05) is 25.5 Å². The zero-order valence-corrected chi connectivity index (χ0v) is 9.68. The molecule has 2 unspecified atom stereocenters. The van der Waals surface area contributed by atoms with E-state index < -0.39 is 5.97 Å². The second-order valence-corrected chi connectivity index (χ2v) is 4.53. The largest absolute Gasteiger partial charge is 0.481 e. The summed E-state index contributed by atoms with van der Waals surface area (Å²) < 4.78 is 1.94. The van der Waals surface area contributed by atoms with Gasteiger partial charge in [-0.15, -0.1) is 5.10 Å². The molecule has 5 nitrogen and oxygen atoms in total.